The zero-order chi connectivity index (χ0) is 19.7. The van der Waals surface area contributed by atoms with E-state index in [0.29, 0.717) is 13.1 Å². The average molecular weight is 388 g/mol. The number of nitrogens with zero attached hydrogens (tertiary/aromatic N) is 5. The molecule has 1 saturated heterocycles. The van der Waals surface area contributed by atoms with Gasteiger partial charge in [-0.1, -0.05) is 18.2 Å². The number of para-hydroxylation sites is 1. The molecule has 0 unspecified atom stereocenters. The smallest absolute Gasteiger partial charge is 0.352 e. The van der Waals surface area contributed by atoms with Crippen LogP contribution in [-0.2, 0) is 6.18 Å². The maximum atomic E-state index is 12.8. The van der Waals surface area contributed by atoms with Crippen molar-refractivity contribution >= 4 is 11.7 Å². The van der Waals surface area contributed by atoms with E-state index in [4.69, 9.17) is 0 Å². The third-order valence-corrected chi connectivity index (χ3v) is 4.33. The molecule has 1 aliphatic heterocycles. The van der Waals surface area contributed by atoms with Gasteiger partial charge < -0.3 is 10.2 Å². The first-order valence-corrected chi connectivity index (χ1v) is 8.47. The van der Waals surface area contributed by atoms with Crippen LogP contribution in [0.5, 0.6) is 0 Å². The first-order chi connectivity index (χ1) is 13.4. The number of alkyl halides is 3. The Kier molecular flexibility index (Phi) is 4.46. The first kappa shape index (κ1) is 18.0. The number of carbonyl (C=O) groups is 1. The van der Waals surface area contributed by atoms with Gasteiger partial charge in [0, 0.05) is 19.3 Å². The molecule has 0 spiro atoms. The van der Waals surface area contributed by atoms with Gasteiger partial charge in [-0.05, 0) is 24.3 Å². The van der Waals surface area contributed by atoms with Gasteiger partial charge in [-0.3, -0.25) is 4.79 Å². The monoisotopic (exact) mass is 388 g/mol. The summed E-state index contributed by atoms with van der Waals surface area (Å²) in [6.45, 7) is 0.736. The van der Waals surface area contributed by atoms with Crippen molar-refractivity contribution in [1.82, 2.24) is 25.3 Å². The van der Waals surface area contributed by atoms with Gasteiger partial charge in [0.25, 0.3) is 5.91 Å². The molecule has 3 aromatic rings. The molecule has 0 atom stereocenters. The molecule has 0 aliphatic carbocycles. The Morgan fingerprint density at radius 2 is 1.89 bits per heavy atom. The van der Waals surface area contributed by atoms with Gasteiger partial charge in [0.15, 0.2) is 5.69 Å². The van der Waals surface area contributed by atoms with Crippen molar-refractivity contribution in [2.24, 2.45) is 0 Å². The predicted molar refractivity (Wildman–Crippen MR) is 94.1 cm³/mol. The van der Waals surface area contributed by atoms with Gasteiger partial charge in [-0.15, -0.1) is 5.10 Å². The van der Waals surface area contributed by atoms with Crippen LogP contribution < -0.4 is 10.2 Å². The third-order valence-electron chi connectivity index (χ3n) is 4.33. The van der Waals surface area contributed by atoms with Crippen molar-refractivity contribution in [1.29, 1.82) is 0 Å². The van der Waals surface area contributed by atoms with Crippen LogP contribution in [0.1, 0.15) is 16.1 Å². The second-order valence-electron chi connectivity index (χ2n) is 6.33. The summed E-state index contributed by atoms with van der Waals surface area (Å²) in [7, 11) is 0. The Morgan fingerprint density at radius 3 is 2.61 bits per heavy atom. The average Bonchev–Trinajstić information content (AvgIpc) is 3.15. The lowest BCUT2D eigenvalue weighted by Gasteiger charge is -2.40. The van der Waals surface area contributed by atoms with Crippen molar-refractivity contribution < 1.29 is 18.0 Å². The normalized spacial score (nSPS) is 14.6. The molecule has 10 heteroatoms. The highest BCUT2D eigenvalue weighted by molar-refractivity contribution is 5.92. The van der Waals surface area contributed by atoms with Crippen LogP contribution in [0.25, 0.3) is 5.69 Å². The SMILES string of the molecule is O=C(NC1CN(c2cc(C(F)(F)F)ccn2)C1)c1cnn(-c2ccccc2)n1. The molecule has 0 bridgehead atoms. The second kappa shape index (κ2) is 6.95. The van der Waals surface area contributed by atoms with Gasteiger partial charge in [0.05, 0.1) is 23.5 Å². The van der Waals surface area contributed by atoms with E-state index in [1.807, 2.05) is 30.3 Å². The summed E-state index contributed by atoms with van der Waals surface area (Å²) in [6, 6.07) is 10.9. The summed E-state index contributed by atoms with van der Waals surface area (Å²) >= 11 is 0. The molecule has 1 aliphatic rings. The van der Waals surface area contributed by atoms with Crippen LogP contribution in [0.2, 0.25) is 0 Å². The van der Waals surface area contributed by atoms with Crippen LogP contribution >= 0.6 is 0 Å². The number of halogens is 3. The van der Waals surface area contributed by atoms with Crippen LogP contribution in [0.15, 0.2) is 54.9 Å². The zero-order valence-electron chi connectivity index (χ0n) is 14.5. The minimum atomic E-state index is -4.42. The number of aromatic nitrogens is 4. The highest BCUT2D eigenvalue weighted by atomic mass is 19.4. The lowest BCUT2D eigenvalue weighted by molar-refractivity contribution is -0.137. The van der Waals surface area contributed by atoms with E-state index in [0.717, 1.165) is 24.0 Å². The van der Waals surface area contributed by atoms with E-state index in [-0.39, 0.29) is 23.5 Å². The minimum absolute atomic E-state index is 0.166. The van der Waals surface area contributed by atoms with Crippen LogP contribution in [0, 0.1) is 0 Å². The minimum Gasteiger partial charge on any atom is -0.352 e. The Hall–Kier alpha value is -3.43. The maximum absolute atomic E-state index is 12.8. The van der Waals surface area contributed by atoms with Crippen LogP contribution in [-0.4, -0.2) is 45.0 Å². The first-order valence-electron chi connectivity index (χ1n) is 8.47. The second-order valence-corrected chi connectivity index (χ2v) is 6.33. The van der Waals surface area contributed by atoms with Crippen molar-refractivity contribution in [3.63, 3.8) is 0 Å². The molecule has 0 radical (unpaired) electrons. The fraction of sp³-hybridized carbons (Fsp3) is 0.222. The molecule has 1 aromatic carbocycles. The van der Waals surface area contributed by atoms with E-state index < -0.39 is 11.7 Å². The standard InChI is InChI=1S/C18H15F3N6O/c19-18(20,21)12-6-7-22-16(8-12)26-10-13(11-26)24-17(28)15-9-23-27(25-15)14-4-2-1-3-5-14/h1-9,13H,10-11H2,(H,24,28). The molecule has 2 aromatic heterocycles. The molecule has 1 fully saturated rings. The molecule has 144 valence electrons. The van der Waals surface area contributed by atoms with Crippen molar-refractivity contribution in [3.05, 3.63) is 66.1 Å². The summed E-state index contributed by atoms with van der Waals surface area (Å²) in [5.74, 6) is -0.154. The number of rotatable bonds is 4. The number of nitrogens with one attached hydrogen (secondary N) is 1. The summed E-state index contributed by atoms with van der Waals surface area (Å²) < 4.78 is 38.4. The molecule has 28 heavy (non-hydrogen) atoms. The third kappa shape index (κ3) is 3.66. The quantitative estimate of drug-likeness (QED) is 0.742. The maximum Gasteiger partial charge on any atom is 0.416 e. The summed E-state index contributed by atoms with van der Waals surface area (Å²) in [4.78, 5) is 19.3. The number of amides is 1. The van der Waals surface area contributed by atoms with Gasteiger partial charge in [-0.2, -0.15) is 23.1 Å². The van der Waals surface area contributed by atoms with Gasteiger partial charge >= 0.3 is 6.18 Å². The number of hydrogen-bond acceptors (Lipinski definition) is 5. The topological polar surface area (TPSA) is 75.9 Å². The number of benzene rings is 1. The Labute approximate surface area is 157 Å². The number of pyridine rings is 1. The van der Waals surface area contributed by atoms with Crippen LogP contribution in [0.4, 0.5) is 19.0 Å². The van der Waals surface area contributed by atoms with Gasteiger partial charge in [0.2, 0.25) is 0 Å². The number of hydrogen-bond donors (Lipinski definition) is 1. The molecule has 4 rings (SSSR count). The van der Waals surface area contributed by atoms with E-state index in [1.54, 1.807) is 4.90 Å². The molecule has 1 N–H and O–H groups in total. The van der Waals surface area contributed by atoms with E-state index in [1.165, 1.54) is 11.0 Å². The van der Waals surface area contributed by atoms with E-state index >= 15 is 0 Å². The molecule has 3 heterocycles. The fourth-order valence-electron chi connectivity index (χ4n) is 2.84. The Balaban J connectivity index is 1.35. The molecule has 1 amide bonds. The van der Waals surface area contributed by atoms with Crippen LogP contribution in [0.3, 0.4) is 0 Å². The Morgan fingerprint density at radius 1 is 1.14 bits per heavy atom. The van der Waals surface area contributed by atoms with Crippen molar-refractivity contribution in [2.45, 2.75) is 12.2 Å². The summed E-state index contributed by atoms with van der Waals surface area (Å²) in [5.41, 5.74) is 0.147. The zero-order valence-corrected chi connectivity index (χ0v) is 14.5. The lowest BCUT2D eigenvalue weighted by atomic mass is 10.1. The molecule has 0 saturated carbocycles. The highest BCUT2D eigenvalue weighted by Crippen LogP contribution is 2.31. The fourth-order valence-corrected chi connectivity index (χ4v) is 2.84. The molecular formula is C18H15F3N6O. The van der Waals surface area contributed by atoms with Gasteiger partial charge in [0.1, 0.15) is 5.82 Å². The van der Waals surface area contributed by atoms with Crippen molar-refractivity contribution in [3.8, 4) is 5.69 Å². The van der Waals surface area contributed by atoms with Crippen molar-refractivity contribution in [2.75, 3.05) is 18.0 Å². The van der Waals surface area contributed by atoms with E-state index in [9.17, 15) is 18.0 Å². The summed E-state index contributed by atoms with van der Waals surface area (Å²) in [5, 5.41) is 11.0. The summed E-state index contributed by atoms with van der Waals surface area (Å²) in [6.07, 6.45) is -1.92. The number of anilines is 1. The Bertz CT molecular complexity index is 982. The largest absolute Gasteiger partial charge is 0.416 e. The molecular weight excluding hydrogens is 373 g/mol. The number of carbonyl (C=O) groups excluding carboxylic acids is 1. The molecule has 7 nitrogen and oxygen atoms in total. The lowest BCUT2D eigenvalue weighted by Crippen LogP contribution is -2.59. The van der Waals surface area contributed by atoms with E-state index in [2.05, 4.69) is 20.5 Å². The predicted octanol–water partition coefficient (Wildman–Crippen LogP) is 2.30. The van der Waals surface area contributed by atoms with Gasteiger partial charge in [-0.25, -0.2) is 4.98 Å². The highest BCUT2D eigenvalue weighted by Gasteiger charge is 2.34.